The van der Waals surface area contributed by atoms with Crippen molar-refractivity contribution in [3.8, 4) is 0 Å². The molecule has 0 saturated carbocycles. The Kier molecular flexibility index (Phi) is 25.1. The van der Waals surface area contributed by atoms with Crippen LogP contribution >= 0.6 is 36.8 Å². The molecule has 0 fully saturated rings. The van der Waals surface area contributed by atoms with E-state index in [1.54, 1.807) is 0 Å². The Bertz CT molecular complexity index is 67.0. The van der Waals surface area contributed by atoms with E-state index in [2.05, 4.69) is 0 Å². The first-order valence-corrected chi connectivity index (χ1v) is 13.8. The van der Waals surface area contributed by atoms with Crippen molar-refractivity contribution < 1.29 is 12.8 Å². The molecular formula is C4H16AuCl4N4. The Morgan fingerprint density at radius 2 is 0.692 bits per heavy atom. The molecule has 0 aromatic carbocycles. The Morgan fingerprint density at radius 1 is 0.615 bits per heavy atom. The van der Waals surface area contributed by atoms with Crippen molar-refractivity contribution in [2.45, 2.75) is 0 Å². The standard InChI is InChI=1S/2C2H8N2.Au.4ClH/c2*3-1-2-4;;;;;/h2*1-4H2;;4*1H/q;;+4;;;;/p-4. The maximum absolute atomic E-state index is 5.00. The van der Waals surface area contributed by atoms with Crippen LogP contribution in [0.15, 0.2) is 0 Å². The van der Waals surface area contributed by atoms with Crippen molar-refractivity contribution in [1.82, 2.24) is 0 Å². The van der Waals surface area contributed by atoms with E-state index < -0.39 is 12.8 Å². The minimum atomic E-state index is -3.00. The molecule has 0 heterocycles. The van der Waals surface area contributed by atoms with E-state index in [0.29, 0.717) is 26.2 Å². The second-order valence-electron chi connectivity index (χ2n) is 1.41. The fourth-order valence-electron chi connectivity index (χ4n) is 0. The van der Waals surface area contributed by atoms with E-state index in [0.717, 1.165) is 0 Å². The summed E-state index contributed by atoms with van der Waals surface area (Å²) in [6, 6.07) is 0. The predicted octanol–water partition coefficient (Wildman–Crippen LogP) is 0.563. The Labute approximate surface area is 98.0 Å². The molecule has 8 N–H and O–H groups in total. The summed E-state index contributed by atoms with van der Waals surface area (Å²) < 4.78 is 0. The van der Waals surface area contributed by atoms with Crippen LogP contribution in [0.2, 0.25) is 0 Å². The van der Waals surface area contributed by atoms with Crippen LogP contribution in [0.3, 0.4) is 0 Å². The van der Waals surface area contributed by atoms with Crippen molar-refractivity contribution in [3.05, 3.63) is 0 Å². The topological polar surface area (TPSA) is 104 Å². The summed E-state index contributed by atoms with van der Waals surface area (Å²) in [5, 5.41) is 0. The molecule has 0 aromatic heterocycles. The molecule has 0 aliphatic carbocycles. The summed E-state index contributed by atoms with van der Waals surface area (Å²) in [6.45, 7) is 2.39. The molecule has 91 valence electrons. The molecule has 0 radical (unpaired) electrons. The first-order valence-electron chi connectivity index (χ1n) is 3.09. The minimum absolute atomic E-state index is 0.597. The van der Waals surface area contributed by atoms with E-state index in [9.17, 15) is 0 Å². The van der Waals surface area contributed by atoms with Gasteiger partial charge >= 0.3 is 49.6 Å². The van der Waals surface area contributed by atoms with Crippen LogP contribution in [0.1, 0.15) is 0 Å². The molecule has 0 bridgehead atoms. The van der Waals surface area contributed by atoms with Crippen LogP contribution in [0.4, 0.5) is 0 Å². The van der Waals surface area contributed by atoms with Gasteiger partial charge in [0.25, 0.3) is 0 Å². The second kappa shape index (κ2) is 16.2. The molecule has 0 aromatic rings. The third-order valence-electron chi connectivity index (χ3n) is 0.333. The summed E-state index contributed by atoms with van der Waals surface area (Å²) >= 11 is -3.00. The number of hydrogen-bond acceptors (Lipinski definition) is 4. The third-order valence-corrected chi connectivity index (χ3v) is 0.333. The average Bonchev–Trinajstić information content (AvgIpc) is 2.01. The van der Waals surface area contributed by atoms with Crippen LogP contribution in [-0.4, -0.2) is 26.2 Å². The Morgan fingerprint density at radius 3 is 0.692 bits per heavy atom. The van der Waals surface area contributed by atoms with E-state index in [4.69, 9.17) is 59.7 Å². The molecule has 13 heavy (non-hydrogen) atoms. The van der Waals surface area contributed by atoms with Crippen molar-refractivity contribution in [2.24, 2.45) is 22.9 Å². The van der Waals surface area contributed by atoms with Gasteiger partial charge in [-0.05, 0) is 0 Å². The van der Waals surface area contributed by atoms with Gasteiger partial charge in [0.15, 0.2) is 0 Å². The van der Waals surface area contributed by atoms with Crippen LogP contribution < -0.4 is 22.9 Å². The van der Waals surface area contributed by atoms with Gasteiger partial charge in [-0.25, -0.2) is 0 Å². The molecule has 0 amide bonds. The van der Waals surface area contributed by atoms with E-state index in [1.807, 2.05) is 0 Å². The van der Waals surface area contributed by atoms with Gasteiger partial charge in [-0.1, -0.05) is 0 Å². The van der Waals surface area contributed by atoms with Crippen molar-refractivity contribution in [1.29, 1.82) is 0 Å². The van der Waals surface area contributed by atoms with E-state index in [1.165, 1.54) is 0 Å². The van der Waals surface area contributed by atoms with Crippen molar-refractivity contribution >= 4 is 36.8 Å². The average molecular weight is 459 g/mol. The normalized spacial score (nSPS) is 10.5. The molecule has 4 nitrogen and oxygen atoms in total. The van der Waals surface area contributed by atoms with E-state index >= 15 is 0 Å². The van der Waals surface area contributed by atoms with Gasteiger partial charge in [0, 0.05) is 26.2 Å². The van der Waals surface area contributed by atoms with Crippen LogP contribution in [0, 0.1) is 0 Å². The van der Waals surface area contributed by atoms with Gasteiger partial charge in [0.05, 0.1) is 0 Å². The second-order valence-corrected chi connectivity index (χ2v) is 20.2. The van der Waals surface area contributed by atoms with Crippen LogP contribution in [-0.2, 0) is 12.8 Å². The SMILES string of the molecule is NCCN.NCCN.[Cl][Au]([Cl])([Cl])[Cl]. The summed E-state index contributed by atoms with van der Waals surface area (Å²) in [5.41, 5.74) is 19.6. The van der Waals surface area contributed by atoms with Crippen molar-refractivity contribution in [2.75, 3.05) is 26.2 Å². The monoisotopic (exact) mass is 457 g/mol. The molecule has 0 rings (SSSR count). The number of rotatable bonds is 2. The maximum atomic E-state index is 5.00. The first kappa shape index (κ1) is 20.2. The van der Waals surface area contributed by atoms with Gasteiger partial charge in [0.2, 0.25) is 0 Å². The van der Waals surface area contributed by atoms with Crippen LogP contribution in [0.25, 0.3) is 0 Å². The van der Waals surface area contributed by atoms with Gasteiger partial charge in [-0.3, -0.25) is 0 Å². The Hall–Kier alpha value is 1.74. The van der Waals surface area contributed by atoms with E-state index in [-0.39, 0.29) is 0 Å². The fourth-order valence-corrected chi connectivity index (χ4v) is 0. The molecule has 0 aliphatic rings. The molecule has 0 aliphatic heterocycles. The molecule has 9 heteroatoms. The zero-order valence-electron chi connectivity index (χ0n) is 6.95. The molecular weight excluding hydrogens is 443 g/mol. The zero-order valence-corrected chi connectivity index (χ0v) is 12.1. The van der Waals surface area contributed by atoms with Gasteiger partial charge in [0.1, 0.15) is 0 Å². The summed E-state index contributed by atoms with van der Waals surface area (Å²) in [4.78, 5) is 0. The Balaban J connectivity index is -0.000000117. The summed E-state index contributed by atoms with van der Waals surface area (Å²) in [5.74, 6) is 0. The molecule has 0 atom stereocenters. The van der Waals surface area contributed by atoms with Crippen LogP contribution in [0.5, 0.6) is 0 Å². The summed E-state index contributed by atoms with van der Waals surface area (Å²) in [7, 11) is 20.0. The third kappa shape index (κ3) is 135. The number of nitrogens with two attached hydrogens (primary N) is 4. The molecule has 0 spiro atoms. The quantitative estimate of drug-likeness (QED) is 0.454. The van der Waals surface area contributed by atoms with Gasteiger partial charge in [-0.15, -0.1) is 0 Å². The first-order chi connectivity index (χ1) is 5.83. The summed E-state index contributed by atoms with van der Waals surface area (Å²) in [6.07, 6.45) is 0. The van der Waals surface area contributed by atoms with Gasteiger partial charge in [-0.2, -0.15) is 0 Å². The molecule has 0 unspecified atom stereocenters. The predicted molar refractivity (Wildman–Crippen MR) is 59.6 cm³/mol. The van der Waals surface area contributed by atoms with Crippen molar-refractivity contribution in [3.63, 3.8) is 0 Å². The fraction of sp³-hybridized carbons (Fsp3) is 1.00. The number of hydrogen-bond donors (Lipinski definition) is 4. The zero-order chi connectivity index (χ0) is 11.3. The molecule has 0 saturated heterocycles. The number of halogens is 4. The van der Waals surface area contributed by atoms with Gasteiger partial charge < -0.3 is 22.9 Å².